The monoisotopic (exact) mass is 232 g/mol. The van der Waals surface area contributed by atoms with Crippen LogP contribution in [0, 0.1) is 11.2 Å². The number of hydrogen-bond donors (Lipinski definition) is 2. The molecule has 1 unspecified atom stereocenters. The van der Waals surface area contributed by atoms with Crippen LogP contribution >= 0.6 is 0 Å². The van der Waals surface area contributed by atoms with Gasteiger partial charge in [-0.25, -0.2) is 4.39 Å². The summed E-state index contributed by atoms with van der Waals surface area (Å²) < 4.78 is 13.3. The second kappa shape index (κ2) is 3.33. The summed E-state index contributed by atoms with van der Waals surface area (Å²) in [6.45, 7) is 4.45. The first-order valence-electron chi connectivity index (χ1n) is 6.02. The number of fused-ring (bicyclic) bond motifs is 3. The summed E-state index contributed by atoms with van der Waals surface area (Å²) in [4.78, 5) is 3.38. The van der Waals surface area contributed by atoms with Gasteiger partial charge in [0.15, 0.2) is 0 Å². The van der Waals surface area contributed by atoms with E-state index in [4.69, 9.17) is 5.73 Å². The Kier molecular flexibility index (Phi) is 2.11. The van der Waals surface area contributed by atoms with Crippen LogP contribution in [-0.4, -0.2) is 4.98 Å². The van der Waals surface area contributed by atoms with E-state index in [1.165, 1.54) is 11.8 Å². The van der Waals surface area contributed by atoms with Crippen molar-refractivity contribution in [2.75, 3.05) is 0 Å². The zero-order chi connectivity index (χ0) is 12.2. The number of halogens is 1. The molecule has 3 heteroatoms. The van der Waals surface area contributed by atoms with Crippen molar-refractivity contribution in [3.8, 4) is 0 Å². The van der Waals surface area contributed by atoms with Gasteiger partial charge in [0, 0.05) is 22.6 Å². The molecule has 0 bridgehead atoms. The van der Waals surface area contributed by atoms with E-state index in [1.807, 2.05) is 0 Å². The van der Waals surface area contributed by atoms with Gasteiger partial charge in [-0.3, -0.25) is 0 Å². The Morgan fingerprint density at radius 2 is 2.18 bits per heavy atom. The minimum Gasteiger partial charge on any atom is -0.358 e. The highest BCUT2D eigenvalue weighted by Gasteiger charge is 2.32. The molecule has 0 saturated carbocycles. The molecule has 0 saturated heterocycles. The average Bonchev–Trinajstić information content (AvgIpc) is 2.52. The van der Waals surface area contributed by atoms with Crippen LogP contribution in [0.3, 0.4) is 0 Å². The Hall–Kier alpha value is -1.35. The van der Waals surface area contributed by atoms with Crippen molar-refractivity contribution in [2.45, 2.75) is 32.7 Å². The highest BCUT2D eigenvalue weighted by molar-refractivity contribution is 5.85. The largest absolute Gasteiger partial charge is 0.358 e. The van der Waals surface area contributed by atoms with Crippen molar-refractivity contribution < 1.29 is 4.39 Å². The molecule has 3 rings (SSSR count). The first-order valence-corrected chi connectivity index (χ1v) is 6.02. The number of aromatic amines is 1. The predicted molar refractivity (Wildman–Crippen MR) is 67.3 cm³/mol. The molecule has 17 heavy (non-hydrogen) atoms. The average molecular weight is 232 g/mol. The molecule has 0 aliphatic heterocycles. The van der Waals surface area contributed by atoms with Gasteiger partial charge in [0.1, 0.15) is 5.82 Å². The van der Waals surface area contributed by atoms with Crippen LogP contribution in [0.1, 0.15) is 37.6 Å². The van der Waals surface area contributed by atoms with Crippen LogP contribution in [0.15, 0.2) is 18.2 Å². The first kappa shape index (κ1) is 10.8. The maximum atomic E-state index is 13.3. The van der Waals surface area contributed by atoms with Crippen molar-refractivity contribution in [3.63, 3.8) is 0 Å². The van der Waals surface area contributed by atoms with Crippen LogP contribution in [0.5, 0.6) is 0 Å². The molecule has 0 radical (unpaired) electrons. The van der Waals surface area contributed by atoms with E-state index < -0.39 is 0 Å². The molecule has 1 heterocycles. The molecular formula is C14H17FN2. The molecule has 90 valence electrons. The Labute approximate surface area is 100 Å². The van der Waals surface area contributed by atoms with E-state index in [-0.39, 0.29) is 17.3 Å². The number of benzene rings is 1. The molecule has 1 aromatic carbocycles. The van der Waals surface area contributed by atoms with Gasteiger partial charge >= 0.3 is 0 Å². The van der Waals surface area contributed by atoms with Crippen LogP contribution in [-0.2, 0) is 6.42 Å². The van der Waals surface area contributed by atoms with E-state index in [2.05, 4.69) is 18.8 Å². The predicted octanol–water partition coefficient (Wildman–Crippen LogP) is 3.28. The number of nitrogens with two attached hydrogens (primary N) is 1. The topological polar surface area (TPSA) is 41.8 Å². The minimum atomic E-state index is -0.198. The summed E-state index contributed by atoms with van der Waals surface area (Å²) in [6, 6.07) is 4.87. The summed E-state index contributed by atoms with van der Waals surface area (Å²) >= 11 is 0. The second-order valence-electron chi connectivity index (χ2n) is 5.86. The Morgan fingerprint density at radius 3 is 2.94 bits per heavy atom. The molecule has 0 amide bonds. The summed E-state index contributed by atoms with van der Waals surface area (Å²) in [5.74, 6) is -0.198. The standard InChI is InChI=1S/C14H17FN2/c1-14(2)6-10(16)13-9-5-8(15)3-4-11(9)17-12(13)7-14/h3-5,10,17H,6-7,16H2,1-2H3. The molecular weight excluding hydrogens is 215 g/mol. The zero-order valence-electron chi connectivity index (χ0n) is 10.2. The fourth-order valence-electron chi connectivity index (χ4n) is 3.05. The molecule has 1 atom stereocenters. The molecule has 2 aromatic rings. The maximum Gasteiger partial charge on any atom is 0.123 e. The molecule has 0 spiro atoms. The third-order valence-electron chi connectivity index (χ3n) is 3.68. The highest BCUT2D eigenvalue weighted by Crippen LogP contribution is 2.42. The number of rotatable bonds is 0. The highest BCUT2D eigenvalue weighted by atomic mass is 19.1. The van der Waals surface area contributed by atoms with Gasteiger partial charge in [0.2, 0.25) is 0 Å². The molecule has 3 N–H and O–H groups in total. The SMILES string of the molecule is CC1(C)Cc2[nH]c3ccc(F)cc3c2C(N)C1. The number of H-pyrrole nitrogens is 1. The number of hydrogen-bond acceptors (Lipinski definition) is 1. The van der Waals surface area contributed by atoms with Gasteiger partial charge < -0.3 is 10.7 Å². The van der Waals surface area contributed by atoms with Crippen molar-refractivity contribution in [1.82, 2.24) is 4.98 Å². The lowest BCUT2D eigenvalue weighted by Crippen LogP contribution is -2.29. The molecule has 2 nitrogen and oxygen atoms in total. The van der Waals surface area contributed by atoms with Crippen molar-refractivity contribution in [3.05, 3.63) is 35.3 Å². The van der Waals surface area contributed by atoms with E-state index in [1.54, 1.807) is 12.1 Å². The van der Waals surface area contributed by atoms with E-state index in [0.29, 0.717) is 0 Å². The molecule has 1 aliphatic rings. The van der Waals surface area contributed by atoms with E-state index >= 15 is 0 Å². The third-order valence-corrected chi connectivity index (χ3v) is 3.68. The summed E-state index contributed by atoms with van der Waals surface area (Å²) in [6.07, 6.45) is 1.93. The lowest BCUT2D eigenvalue weighted by Gasteiger charge is -2.33. The molecule has 1 aliphatic carbocycles. The van der Waals surface area contributed by atoms with Crippen LogP contribution in [0.4, 0.5) is 4.39 Å². The van der Waals surface area contributed by atoms with Gasteiger partial charge in [-0.1, -0.05) is 13.8 Å². The van der Waals surface area contributed by atoms with Gasteiger partial charge in [-0.05, 0) is 42.0 Å². The van der Waals surface area contributed by atoms with Crippen molar-refractivity contribution in [1.29, 1.82) is 0 Å². The van der Waals surface area contributed by atoms with Crippen molar-refractivity contribution >= 4 is 10.9 Å². The molecule has 0 fully saturated rings. The summed E-state index contributed by atoms with van der Waals surface area (Å²) in [7, 11) is 0. The minimum absolute atomic E-state index is 0.00398. The molecule has 1 aromatic heterocycles. The van der Waals surface area contributed by atoms with Gasteiger partial charge in [-0.2, -0.15) is 0 Å². The third kappa shape index (κ3) is 1.65. The lowest BCUT2D eigenvalue weighted by molar-refractivity contribution is 0.281. The maximum absolute atomic E-state index is 13.3. The first-order chi connectivity index (χ1) is 7.96. The Morgan fingerprint density at radius 1 is 1.41 bits per heavy atom. The normalized spacial score (nSPS) is 22.7. The summed E-state index contributed by atoms with van der Waals surface area (Å²) in [5, 5.41) is 0.947. The van der Waals surface area contributed by atoms with Crippen molar-refractivity contribution in [2.24, 2.45) is 11.1 Å². The van der Waals surface area contributed by atoms with Crippen LogP contribution < -0.4 is 5.73 Å². The zero-order valence-corrected chi connectivity index (χ0v) is 10.2. The second-order valence-corrected chi connectivity index (χ2v) is 5.86. The van der Waals surface area contributed by atoms with Crippen LogP contribution in [0.2, 0.25) is 0 Å². The Bertz CT molecular complexity index is 583. The fourth-order valence-corrected chi connectivity index (χ4v) is 3.05. The van der Waals surface area contributed by atoms with Crippen LogP contribution in [0.25, 0.3) is 10.9 Å². The Balaban J connectivity index is 2.25. The van der Waals surface area contributed by atoms with E-state index in [0.717, 1.165) is 29.3 Å². The fraction of sp³-hybridized carbons (Fsp3) is 0.429. The van der Waals surface area contributed by atoms with Gasteiger partial charge in [0.25, 0.3) is 0 Å². The number of nitrogens with one attached hydrogen (secondary N) is 1. The van der Waals surface area contributed by atoms with Gasteiger partial charge in [-0.15, -0.1) is 0 Å². The quantitative estimate of drug-likeness (QED) is 0.719. The smallest absolute Gasteiger partial charge is 0.123 e. The number of aromatic nitrogens is 1. The van der Waals surface area contributed by atoms with Gasteiger partial charge in [0.05, 0.1) is 0 Å². The van der Waals surface area contributed by atoms with E-state index in [9.17, 15) is 4.39 Å². The summed E-state index contributed by atoms with van der Waals surface area (Å²) in [5.41, 5.74) is 9.73. The lowest BCUT2D eigenvalue weighted by atomic mass is 9.74.